The Balaban J connectivity index is 1.49. The lowest BCUT2D eigenvalue weighted by Crippen LogP contribution is -2.31. The molecule has 2 rings (SSSR count). The average Bonchev–Trinajstić information content (AvgIpc) is 3.00. The second kappa shape index (κ2) is 21.3. The number of anilines is 1. The molecule has 0 aromatic heterocycles. The summed E-state index contributed by atoms with van der Waals surface area (Å²) >= 11 is 0. The summed E-state index contributed by atoms with van der Waals surface area (Å²) in [6, 6.07) is 6.83. The number of hydrogen-bond acceptors (Lipinski definition) is 7. The molecule has 0 saturated heterocycles. The van der Waals surface area contributed by atoms with E-state index in [4.69, 9.17) is 4.74 Å². The second-order valence-corrected chi connectivity index (χ2v) is 11.5. The molecular weight excluding hydrogens is 562 g/mol. The Labute approximate surface area is 261 Å². The van der Waals surface area contributed by atoms with Gasteiger partial charge in [0.15, 0.2) is 0 Å². The summed E-state index contributed by atoms with van der Waals surface area (Å²) < 4.78 is 5.47. The quantitative estimate of drug-likeness (QED) is 0.129. The molecule has 2 atom stereocenters. The van der Waals surface area contributed by atoms with Gasteiger partial charge >= 0.3 is 0 Å². The van der Waals surface area contributed by atoms with Crippen molar-refractivity contribution in [1.82, 2.24) is 10.6 Å². The van der Waals surface area contributed by atoms with Crippen LogP contribution < -0.4 is 16.0 Å². The Morgan fingerprint density at radius 3 is 2.32 bits per heavy atom. The molecule has 1 aliphatic rings. The maximum Gasteiger partial charge on any atom is 0.233 e. The van der Waals surface area contributed by atoms with Crippen LogP contribution in [0, 0.1) is 11.8 Å². The van der Waals surface area contributed by atoms with Crippen molar-refractivity contribution in [3.63, 3.8) is 0 Å². The second-order valence-electron chi connectivity index (χ2n) is 11.5. The first-order chi connectivity index (χ1) is 21.2. The molecular formula is C34H51N3O7. The Morgan fingerprint density at radius 2 is 1.61 bits per heavy atom. The maximum absolute atomic E-state index is 12.5. The smallest absolute Gasteiger partial charge is 0.233 e. The van der Waals surface area contributed by atoms with Gasteiger partial charge in [-0.1, -0.05) is 45.2 Å². The van der Waals surface area contributed by atoms with E-state index in [1.54, 1.807) is 24.3 Å². The molecule has 0 spiro atoms. The van der Waals surface area contributed by atoms with Gasteiger partial charge in [-0.05, 0) is 56.2 Å². The van der Waals surface area contributed by atoms with Gasteiger partial charge in [0.1, 0.15) is 23.8 Å². The number of ketones is 3. The van der Waals surface area contributed by atoms with Crippen molar-refractivity contribution in [3.8, 4) is 0 Å². The summed E-state index contributed by atoms with van der Waals surface area (Å²) in [4.78, 5) is 72.8. The normalized spacial score (nSPS) is 15.3. The lowest BCUT2D eigenvalue weighted by Gasteiger charge is -2.19. The average molecular weight is 614 g/mol. The first kappa shape index (κ1) is 36.8. The molecule has 3 N–H and O–H groups in total. The van der Waals surface area contributed by atoms with Gasteiger partial charge in [-0.25, -0.2) is 0 Å². The molecule has 0 radical (unpaired) electrons. The lowest BCUT2D eigenvalue weighted by atomic mass is 9.83. The number of carbonyl (C=O) groups excluding carboxylic acids is 6. The highest BCUT2D eigenvalue weighted by molar-refractivity contribution is 6.04. The van der Waals surface area contributed by atoms with Gasteiger partial charge in [0.2, 0.25) is 17.7 Å². The van der Waals surface area contributed by atoms with E-state index >= 15 is 0 Å². The molecule has 0 heterocycles. The molecule has 1 aromatic rings. The fourth-order valence-electron chi connectivity index (χ4n) is 5.40. The molecule has 1 fully saturated rings. The summed E-state index contributed by atoms with van der Waals surface area (Å²) in [5, 5.41) is 8.22. The van der Waals surface area contributed by atoms with Crippen molar-refractivity contribution in [2.75, 3.05) is 31.6 Å². The number of nitrogens with one attached hydrogen (secondary N) is 3. The highest BCUT2D eigenvalue weighted by atomic mass is 16.5. The zero-order valence-electron chi connectivity index (χ0n) is 26.5. The van der Waals surface area contributed by atoms with Crippen molar-refractivity contribution >= 4 is 40.8 Å². The molecule has 1 saturated carbocycles. The van der Waals surface area contributed by atoms with Gasteiger partial charge in [-0.15, -0.1) is 0 Å². The Hall–Kier alpha value is -3.40. The molecule has 3 amide bonds. The Morgan fingerprint density at radius 1 is 0.864 bits per heavy atom. The van der Waals surface area contributed by atoms with Gasteiger partial charge in [0, 0.05) is 57.0 Å². The number of ether oxygens (including phenoxy) is 1. The highest BCUT2D eigenvalue weighted by Crippen LogP contribution is 2.23. The van der Waals surface area contributed by atoms with Crippen molar-refractivity contribution < 1.29 is 33.5 Å². The van der Waals surface area contributed by atoms with Gasteiger partial charge in [-0.3, -0.25) is 28.8 Å². The largest absolute Gasteiger partial charge is 0.380 e. The molecule has 10 nitrogen and oxygen atoms in total. The molecule has 10 heteroatoms. The molecule has 2 unspecified atom stereocenters. The van der Waals surface area contributed by atoms with Crippen LogP contribution >= 0.6 is 0 Å². The first-order valence-corrected chi connectivity index (χ1v) is 16.3. The van der Waals surface area contributed by atoms with Crippen LogP contribution in [0.25, 0.3) is 0 Å². The van der Waals surface area contributed by atoms with E-state index in [1.807, 2.05) is 6.92 Å². The SMILES string of the molecule is CCCC(CCCCNC(=O)CCCOCCNC(=O)CC(=O)Nc1ccc(CC(=O)C2CCCCC2=O)cc1)C(=O)CC. The van der Waals surface area contributed by atoms with E-state index in [1.165, 1.54) is 0 Å². The van der Waals surface area contributed by atoms with E-state index in [-0.39, 0.29) is 49.4 Å². The van der Waals surface area contributed by atoms with Gasteiger partial charge < -0.3 is 20.7 Å². The van der Waals surface area contributed by atoms with Crippen LogP contribution in [-0.4, -0.2) is 61.4 Å². The number of benzene rings is 1. The predicted molar refractivity (Wildman–Crippen MR) is 169 cm³/mol. The summed E-state index contributed by atoms with van der Waals surface area (Å²) in [5.74, 6) is -0.940. The van der Waals surface area contributed by atoms with Crippen molar-refractivity contribution in [3.05, 3.63) is 29.8 Å². The minimum atomic E-state index is -0.492. The summed E-state index contributed by atoms with van der Waals surface area (Å²) in [5.41, 5.74) is 1.29. The van der Waals surface area contributed by atoms with Crippen LogP contribution in [0.2, 0.25) is 0 Å². The Bertz CT molecular complexity index is 1090. The van der Waals surface area contributed by atoms with Crippen molar-refractivity contribution in [2.24, 2.45) is 11.8 Å². The molecule has 0 aliphatic heterocycles. The highest BCUT2D eigenvalue weighted by Gasteiger charge is 2.28. The zero-order chi connectivity index (χ0) is 32.2. The number of rotatable bonds is 22. The summed E-state index contributed by atoms with van der Waals surface area (Å²) in [6.07, 6.45) is 8.84. The molecule has 0 bridgehead atoms. The monoisotopic (exact) mass is 613 g/mol. The third-order valence-electron chi connectivity index (χ3n) is 7.88. The number of carbonyl (C=O) groups is 6. The maximum atomic E-state index is 12.5. The number of amides is 3. The van der Waals surface area contributed by atoms with Crippen LogP contribution in [0.1, 0.15) is 103 Å². The third-order valence-corrected chi connectivity index (χ3v) is 7.88. The summed E-state index contributed by atoms with van der Waals surface area (Å²) in [6.45, 7) is 5.53. The van der Waals surface area contributed by atoms with Crippen molar-refractivity contribution in [1.29, 1.82) is 0 Å². The van der Waals surface area contributed by atoms with E-state index in [9.17, 15) is 28.8 Å². The van der Waals surface area contributed by atoms with E-state index in [0.29, 0.717) is 56.7 Å². The molecule has 244 valence electrons. The summed E-state index contributed by atoms with van der Waals surface area (Å²) in [7, 11) is 0. The van der Waals surface area contributed by atoms with Crippen molar-refractivity contribution in [2.45, 2.75) is 104 Å². The van der Waals surface area contributed by atoms with Crippen LogP contribution in [0.4, 0.5) is 5.69 Å². The number of Topliss-reactive ketones (excluding diaryl/α,β-unsaturated/α-hetero) is 3. The fourth-order valence-corrected chi connectivity index (χ4v) is 5.40. The molecule has 1 aliphatic carbocycles. The van der Waals surface area contributed by atoms with E-state index in [2.05, 4.69) is 22.9 Å². The van der Waals surface area contributed by atoms with E-state index in [0.717, 1.165) is 50.5 Å². The van der Waals surface area contributed by atoms with Crippen LogP contribution in [0.3, 0.4) is 0 Å². The fraction of sp³-hybridized carbons (Fsp3) is 0.647. The minimum absolute atomic E-state index is 0.0262. The van der Waals surface area contributed by atoms with Crippen LogP contribution in [0.15, 0.2) is 24.3 Å². The van der Waals surface area contributed by atoms with Gasteiger partial charge in [0.05, 0.1) is 12.5 Å². The lowest BCUT2D eigenvalue weighted by molar-refractivity contribution is -0.134. The number of hydrogen-bond donors (Lipinski definition) is 3. The van der Waals surface area contributed by atoms with Crippen LogP contribution in [0.5, 0.6) is 0 Å². The third kappa shape index (κ3) is 14.9. The number of unbranched alkanes of at least 4 members (excludes halogenated alkanes) is 1. The molecule has 1 aromatic carbocycles. The van der Waals surface area contributed by atoms with Gasteiger partial charge in [0.25, 0.3) is 0 Å². The van der Waals surface area contributed by atoms with E-state index < -0.39 is 17.7 Å². The van der Waals surface area contributed by atoms with Crippen LogP contribution in [-0.2, 0) is 39.9 Å². The Kier molecular flexibility index (Phi) is 17.8. The minimum Gasteiger partial charge on any atom is -0.380 e. The standard InChI is InChI=1S/C34H51N3O7/c1-3-10-26(29(38)4-2)11-7-8-19-35-32(41)14-9-21-44-22-20-36-33(42)24-34(43)37-27-17-15-25(16-18-27)23-31(40)28-12-5-6-13-30(28)39/h15-18,26,28H,3-14,19-24H2,1-2H3,(H,35,41)(H,36,42)(H,37,43). The van der Waals surface area contributed by atoms with Gasteiger partial charge in [-0.2, -0.15) is 0 Å². The first-order valence-electron chi connectivity index (χ1n) is 16.3. The molecule has 44 heavy (non-hydrogen) atoms. The predicted octanol–water partition coefficient (Wildman–Crippen LogP) is 4.48. The topological polar surface area (TPSA) is 148 Å². The zero-order valence-corrected chi connectivity index (χ0v) is 26.5.